The molecule has 2 aromatic rings. The summed E-state index contributed by atoms with van der Waals surface area (Å²) >= 11 is 13.1. The molecule has 1 atom stereocenters. The van der Waals surface area contributed by atoms with E-state index in [-0.39, 0.29) is 5.78 Å². The molecular weight excluding hydrogens is 317 g/mol. The van der Waals surface area contributed by atoms with Crippen molar-refractivity contribution in [3.8, 4) is 11.8 Å². The summed E-state index contributed by atoms with van der Waals surface area (Å²) in [4.78, 5) is 12.8. The Kier molecular flexibility index (Phi) is 4.66. The normalized spacial score (nSPS) is 11.7. The number of hydrogen-bond donors (Lipinski definition) is 0. The number of benzene rings is 1. The Labute approximate surface area is 130 Å². The Morgan fingerprint density at radius 1 is 1.40 bits per heavy atom. The number of halogens is 2. The van der Waals surface area contributed by atoms with Crippen LogP contribution in [0.15, 0.2) is 29.6 Å². The van der Waals surface area contributed by atoms with Crippen LogP contribution in [-0.2, 0) is 0 Å². The highest BCUT2D eigenvalue weighted by molar-refractivity contribution is 7.12. The van der Waals surface area contributed by atoms with Crippen molar-refractivity contribution in [3.63, 3.8) is 0 Å². The Balaban J connectivity index is 2.49. The lowest BCUT2D eigenvalue weighted by Gasteiger charge is -2.12. The molecule has 0 fully saturated rings. The van der Waals surface area contributed by atoms with Gasteiger partial charge in [-0.3, -0.25) is 4.79 Å². The zero-order valence-corrected chi connectivity index (χ0v) is 12.7. The Bertz CT molecular complexity index is 691. The first-order chi connectivity index (χ1) is 9.58. The second-order valence-corrected chi connectivity index (χ2v) is 5.67. The molecule has 1 aromatic carbocycles. The smallest absolute Gasteiger partial charge is 0.196 e. The quantitative estimate of drug-likeness (QED) is 0.774. The van der Waals surface area contributed by atoms with Crippen LogP contribution in [0.3, 0.4) is 0 Å². The number of thiophene rings is 1. The summed E-state index contributed by atoms with van der Waals surface area (Å²) in [6, 6.07) is 8.46. The van der Waals surface area contributed by atoms with Gasteiger partial charge in [-0.25, -0.2) is 0 Å². The van der Waals surface area contributed by atoms with Crippen LogP contribution in [0.5, 0.6) is 5.75 Å². The molecule has 0 N–H and O–H groups in total. The second-order valence-electron chi connectivity index (χ2n) is 3.91. The minimum absolute atomic E-state index is 0.348. The summed E-state index contributed by atoms with van der Waals surface area (Å²) in [5.41, 5.74) is 0.442. The van der Waals surface area contributed by atoms with Gasteiger partial charge in [0.05, 0.1) is 23.1 Å². The number of methoxy groups -OCH3 is 1. The van der Waals surface area contributed by atoms with Crippen molar-refractivity contribution in [2.45, 2.75) is 5.92 Å². The van der Waals surface area contributed by atoms with Gasteiger partial charge in [-0.1, -0.05) is 23.2 Å². The lowest BCUT2D eigenvalue weighted by atomic mass is 9.94. The Morgan fingerprint density at radius 2 is 2.15 bits per heavy atom. The van der Waals surface area contributed by atoms with E-state index in [2.05, 4.69) is 0 Å². The summed E-state index contributed by atoms with van der Waals surface area (Å²) < 4.78 is 5.19. The van der Waals surface area contributed by atoms with Crippen LogP contribution in [0.4, 0.5) is 0 Å². The fraction of sp³-hybridized carbons (Fsp3) is 0.143. The van der Waals surface area contributed by atoms with Crippen molar-refractivity contribution >= 4 is 40.3 Å². The maximum absolute atomic E-state index is 12.4. The SMILES string of the molecule is COc1ccc(Cl)cc1C(C#N)C(=O)c1sccc1Cl. The van der Waals surface area contributed by atoms with E-state index in [1.54, 1.807) is 29.6 Å². The van der Waals surface area contributed by atoms with Crippen molar-refractivity contribution in [2.24, 2.45) is 0 Å². The third-order valence-electron chi connectivity index (χ3n) is 2.74. The molecule has 6 heteroatoms. The van der Waals surface area contributed by atoms with Crippen LogP contribution < -0.4 is 4.74 Å². The van der Waals surface area contributed by atoms with Crippen molar-refractivity contribution in [1.29, 1.82) is 5.26 Å². The number of rotatable bonds is 4. The topological polar surface area (TPSA) is 50.1 Å². The van der Waals surface area contributed by atoms with E-state index in [1.165, 1.54) is 18.4 Å². The number of carbonyl (C=O) groups is 1. The van der Waals surface area contributed by atoms with E-state index >= 15 is 0 Å². The van der Waals surface area contributed by atoms with E-state index in [9.17, 15) is 10.1 Å². The Hall–Kier alpha value is -1.54. The molecule has 2 rings (SSSR count). The second kappa shape index (κ2) is 6.27. The average Bonchev–Trinajstić information content (AvgIpc) is 2.86. The maximum atomic E-state index is 12.4. The van der Waals surface area contributed by atoms with Gasteiger partial charge in [-0.15, -0.1) is 11.3 Å². The van der Waals surface area contributed by atoms with E-state index < -0.39 is 5.92 Å². The van der Waals surface area contributed by atoms with Crippen LogP contribution in [0.25, 0.3) is 0 Å². The highest BCUT2D eigenvalue weighted by Crippen LogP contribution is 2.34. The Morgan fingerprint density at radius 3 is 2.70 bits per heavy atom. The molecule has 102 valence electrons. The number of hydrogen-bond acceptors (Lipinski definition) is 4. The molecule has 0 aliphatic carbocycles. The zero-order chi connectivity index (χ0) is 14.7. The summed E-state index contributed by atoms with van der Waals surface area (Å²) in [6.45, 7) is 0. The molecule has 0 saturated carbocycles. The number of carbonyl (C=O) groups excluding carboxylic acids is 1. The van der Waals surface area contributed by atoms with Gasteiger partial charge in [0.25, 0.3) is 0 Å². The molecule has 0 amide bonds. The minimum atomic E-state index is -1.00. The van der Waals surface area contributed by atoms with Crippen LogP contribution in [0.1, 0.15) is 21.2 Å². The maximum Gasteiger partial charge on any atom is 0.196 e. The van der Waals surface area contributed by atoms with E-state index in [0.29, 0.717) is 26.2 Å². The highest BCUT2D eigenvalue weighted by Gasteiger charge is 2.27. The molecule has 1 aromatic heterocycles. The van der Waals surface area contributed by atoms with E-state index in [0.717, 1.165) is 0 Å². The molecule has 0 radical (unpaired) electrons. The highest BCUT2D eigenvalue weighted by atomic mass is 35.5. The molecule has 3 nitrogen and oxygen atoms in total. The van der Waals surface area contributed by atoms with Crippen LogP contribution in [0.2, 0.25) is 10.0 Å². The molecule has 0 spiro atoms. The largest absolute Gasteiger partial charge is 0.496 e. The molecule has 0 bridgehead atoms. The fourth-order valence-corrected chi connectivity index (χ4v) is 3.10. The number of Topliss-reactive ketones (excluding diaryl/α,β-unsaturated/α-hetero) is 1. The minimum Gasteiger partial charge on any atom is -0.496 e. The van der Waals surface area contributed by atoms with Crippen molar-refractivity contribution < 1.29 is 9.53 Å². The van der Waals surface area contributed by atoms with E-state index in [1.807, 2.05) is 6.07 Å². The molecular formula is C14H9Cl2NO2S. The first-order valence-electron chi connectivity index (χ1n) is 5.58. The fourth-order valence-electron chi connectivity index (χ4n) is 1.80. The molecule has 0 aliphatic rings. The third kappa shape index (κ3) is 2.80. The van der Waals surface area contributed by atoms with Gasteiger partial charge in [0.1, 0.15) is 11.7 Å². The first kappa shape index (κ1) is 14.9. The van der Waals surface area contributed by atoms with Crippen LogP contribution >= 0.6 is 34.5 Å². The number of nitrogens with zero attached hydrogens (tertiary/aromatic N) is 1. The monoisotopic (exact) mass is 325 g/mol. The predicted octanol–water partition coefficient (Wildman–Crippen LogP) is 4.55. The van der Waals surface area contributed by atoms with Crippen LogP contribution in [-0.4, -0.2) is 12.9 Å². The van der Waals surface area contributed by atoms with Crippen molar-refractivity contribution in [2.75, 3.05) is 7.11 Å². The number of ketones is 1. The van der Waals surface area contributed by atoms with Gasteiger partial charge in [0.2, 0.25) is 0 Å². The first-order valence-corrected chi connectivity index (χ1v) is 7.22. The standard InChI is InChI=1S/C14H9Cl2NO2S/c1-19-12-3-2-8(15)6-9(12)10(7-17)13(18)14-11(16)4-5-20-14/h2-6,10H,1H3. The molecule has 20 heavy (non-hydrogen) atoms. The number of nitriles is 1. The van der Waals surface area contributed by atoms with Gasteiger partial charge in [-0.05, 0) is 29.6 Å². The average molecular weight is 326 g/mol. The van der Waals surface area contributed by atoms with Gasteiger partial charge in [0, 0.05) is 10.6 Å². The van der Waals surface area contributed by atoms with Crippen LogP contribution in [0, 0.1) is 11.3 Å². The van der Waals surface area contributed by atoms with Gasteiger partial charge < -0.3 is 4.74 Å². The lowest BCUT2D eigenvalue weighted by molar-refractivity contribution is 0.0982. The molecule has 0 saturated heterocycles. The molecule has 0 aliphatic heterocycles. The third-order valence-corrected chi connectivity index (χ3v) is 4.33. The zero-order valence-electron chi connectivity index (χ0n) is 10.4. The van der Waals surface area contributed by atoms with E-state index in [4.69, 9.17) is 27.9 Å². The summed E-state index contributed by atoms with van der Waals surface area (Å²) in [5, 5.41) is 11.8. The summed E-state index contributed by atoms with van der Waals surface area (Å²) in [5.74, 6) is -0.908. The van der Waals surface area contributed by atoms with Gasteiger partial charge >= 0.3 is 0 Å². The van der Waals surface area contributed by atoms with Crippen molar-refractivity contribution in [3.05, 3.63) is 50.1 Å². The summed E-state index contributed by atoms with van der Waals surface area (Å²) in [7, 11) is 1.48. The predicted molar refractivity (Wildman–Crippen MR) is 80.0 cm³/mol. The van der Waals surface area contributed by atoms with Crippen molar-refractivity contribution in [1.82, 2.24) is 0 Å². The molecule has 1 heterocycles. The summed E-state index contributed by atoms with van der Waals surface area (Å²) in [6.07, 6.45) is 0. The van der Waals surface area contributed by atoms with Gasteiger partial charge in [0.15, 0.2) is 5.78 Å². The number of ether oxygens (including phenoxy) is 1. The lowest BCUT2D eigenvalue weighted by Crippen LogP contribution is -2.11. The molecule has 1 unspecified atom stereocenters. The van der Waals surface area contributed by atoms with Gasteiger partial charge in [-0.2, -0.15) is 5.26 Å².